The van der Waals surface area contributed by atoms with Crippen LogP contribution in [-0.2, 0) is 23.9 Å². The summed E-state index contributed by atoms with van der Waals surface area (Å²) in [6.45, 7) is 4.82. The molecule has 4 heterocycles. The summed E-state index contributed by atoms with van der Waals surface area (Å²) < 4.78 is 5.65. The third-order valence-electron chi connectivity index (χ3n) is 5.97. The second kappa shape index (κ2) is 12.0. The summed E-state index contributed by atoms with van der Waals surface area (Å²) in [6.07, 6.45) is 5.48. The molecule has 0 aromatic rings. The van der Waals surface area contributed by atoms with Crippen molar-refractivity contribution in [2.24, 2.45) is 11.8 Å². The highest BCUT2D eigenvalue weighted by Gasteiger charge is 2.34. The predicted octanol–water partition coefficient (Wildman–Crippen LogP) is 1.90. The first-order valence-electron chi connectivity index (χ1n) is 11.3. The molecule has 2 N–H and O–H groups in total. The molecule has 178 valence electrons. The van der Waals surface area contributed by atoms with Crippen LogP contribution in [0.2, 0.25) is 0 Å². The van der Waals surface area contributed by atoms with Crippen LogP contribution in [0.15, 0.2) is 12.2 Å². The average Bonchev–Trinajstić information content (AvgIpc) is 2.74. The van der Waals surface area contributed by atoms with Crippen molar-refractivity contribution in [2.75, 3.05) is 24.6 Å². The van der Waals surface area contributed by atoms with Crippen molar-refractivity contribution in [2.45, 2.75) is 64.1 Å². The van der Waals surface area contributed by atoms with Crippen molar-refractivity contribution in [3.8, 4) is 0 Å². The number of ether oxygens (including phenoxy) is 1. The van der Waals surface area contributed by atoms with Gasteiger partial charge in [-0.05, 0) is 37.2 Å². The van der Waals surface area contributed by atoms with E-state index in [-0.39, 0.29) is 48.4 Å². The maximum absolute atomic E-state index is 13.3. The molecular formula is C22H33N3O5S2. The molecule has 0 radical (unpaired) electrons. The molecule has 3 fully saturated rings. The van der Waals surface area contributed by atoms with E-state index in [4.69, 9.17) is 4.74 Å². The summed E-state index contributed by atoms with van der Waals surface area (Å²) in [4.78, 5) is 53.5. The smallest absolute Gasteiger partial charge is 0.306 e. The van der Waals surface area contributed by atoms with Gasteiger partial charge in [0.25, 0.3) is 0 Å². The van der Waals surface area contributed by atoms with Crippen LogP contribution < -0.4 is 10.6 Å². The van der Waals surface area contributed by atoms with Crippen molar-refractivity contribution in [1.29, 1.82) is 0 Å². The van der Waals surface area contributed by atoms with Gasteiger partial charge in [0, 0.05) is 31.0 Å². The first-order valence-corrected chi connectivity index (χ1v) is 13.8. The molecule has 0 unspecified atom stereocenters. The van der Waals surface area contributed by atoms with Gasteiger partial charge in [0.2, 0.25) is 17.7 Å². The SMILES string of the molecule is CC(C)[C@H]1NC(=O)C[C@H]2/C=C/CCSSC[C@@H](NC1=O)C(=O)N1CCC(CC1)CC(=O)O2. The van der Waals surface area contributed by atoms with Gasteiger partial charge in [-0.25, -0.2) is 0 Å². The highest BCUT2D eigenvalue weighted by atomic mass is 33.1. The Balaban J connectivity index is 1.93. The number of piperidine rings is 1. The number of nitrogens with zero attached hydrogens (tertiary/aromatic N) is 1. The zero-order valence-corrected chi connectivity index (χ0v) is 20.3. The number of amides is 3. The minimum Gasteiger partial charge on any atom is -0.458 e. The van der Waals surface area contributed by atoms with Gasteiger partial charge in [0.15, 0.2) is 0 Å². The van der Waals surface area contributed by atoms with Gasteiger partial charge in [-0.15, -0.1) is 0 Å². The second-order valence-electron chi connectivity index (χ2n) is 8.88. The zero-order chi connectivity index (χ0) is 23.1. The molecule has 0 spiro atoms. The monoisotopic (exact) mass is 483 g/mol. The molecule has 4 aliphatic heterocycles. The highest BCUT2D eigenvalue weighted by molar-refractivity contribution is 8.76. The van der Waals surface area contributed by atoms with E-state index in [1.807, 2.05) is 19.9 Å². The lowest BCUT2D eigenvalue weighted by molar-refractivity contribution is -0.150. The summed E-state index contributed by atoms with van der Waals surface area (Å²) in [7, 11) is 3.20. The topological polar surface area (TPSA) is 105 Å². The molecule has 0 aliphatic carbocycles. The highest BCUT2D eigenvalue weighted by Crippen LogP contribution is 2.26. The number of carbonyl (C=O) groups is 4. The summed E-state index contributed by atoms with van der Waals surface area (Å²) in [6, 6.07) is -1.43. The zero-order valence-electron chi connectivity index (χ0n) is 18.7. The van der Waals surface area contributed by atoms with Crippen molar-refractivity contribution in [3.05, 3.63) is 12.2 Å². The van der Waals surface area contributed by atoms with Crippen LogP contribution in [0.3, 0.4) is 0 Å². The number of carbonyl (C=O) groups excluding carboxylic acids is 4. The number of allylic oxidation sites excluding steroid dienone is 1. The van der Waals surface area contributed by atoms with Gasteiger partial charge in [0.1, 0.15) is 18.2 Å². The Morgan fingerprint density at radius 2 is 1.81 bits per heavy atom. The number of nitrogens with one attached hydrogen (secondary N) is 2. The second-order valence-corrected chi connectivity index (χ2v) is 11.5. The standard InChI is InChI=1S/C22H33N3O5S2/c1-14(2)20-21(28)23-17-13-32-31-10-4-3-5-16(12-18(26)24-20)30-19(27)11-15-6-8-25(9-7-15)22(17)29/h3,5,14-17,20H,4,6-13H2,1-2H3,(H,23,28)(H,24,26)/b5-3+/t16-,17-,20-/m1/s1. The summed E-state index contributed by atoms with van der Waals surface area (Å²) in [5, 5.41) is 5.70. The fourth-order valence-electron chi connectivity index (χ4n) is 4.10. The molecule has 0 aromatic heterocycles. The Bertz CT molecular complexity index is 737. The Morgan fingerprint density at radius 3 is 2.53 bits per heavy atom. The van der Waals surface area contributed by atoms with E-state index in [0.29, 0.717) is 18.8 Å². The number of hydrogen-bond donors (Lipinski definition) is 2. The van der Waals surface area contributed by atoms with Gasteiger partial charge in [-0.3, -0.25) is 19.2 Å². The van der Waals surface area contributed by atoms with Crippen LogP contribution in [0.5, 0.6) is 0 Å². The minimum absolute atomic E-state index is 0.0402. The van der Waals surface area contributed by atoms with E-state index in [0.717, 1.165) is 25.0 Å². The lowest BCUT2D eigenvalue weighted by atomic mass is 9.93. The van der Waals surface area contributed by atoms with E-state index in [1.54, 1.807) is 32.6 Å². The van der Waals surface area contributed by atoms with Crippen LogP contribution in [0, 0.1) is 11.8 Å². The van der Waals surface area contributed by atoms with Crippen molar-refractivity contribution in [1.82, 2.24) is 15.5 Å². The molecule has 4 aliphatic rings. The van der Waals surface area contributed by atoms with Crippen molar-refractivity contribution in [3.63, 3.8) is 0 Å². The number of fused-ring (bicyclic) bond motifs is 4. The molecule has 3 amide bonds. The first-order chi connectivity index (χ1) is 15.3. The quantitative estimate of drug-likeness (QED) is 0.333. The predicted molar refractivity (Wildman–Crippen MR) is 126 cm³/mol. The van der Waals surface area contributed by atoms with Crippen LogP contribution in [-0.4, -0.2) is 71.4 Å². The average molecular weight is 484 g/mol. The summed E-state index contributed by atoms with van der Waals surface area (Å²) >= 11 is 0. The largest absolute Gasteiger partial charge is 0.458 e. The Morgan fingerprint density at radius 1 is 1.06 bits per heavy atom. The van der Waals surface area contributed by atoms with Crippen LogP contribution in [0.25, 0.3) is 0 Å². The van der Waals surface area contributed by atoms with Crippen LogP contribution in [0.1, 0.15) is 46.0 Å². The summed E-state index contributed by atoms with van der Waals surface area (Å²) in [5.74, 6) is 0.103. The van der Waals surface area contributed by atoms with Crippen LogP contribution in [0.4, 0.5) is 0 Å². The van der Waals surface area contributed by atoms with Gasteiger partial charge in [-0.2, -0.15) is 0 Å². The third-order valence-corrected chi connectivity index (χ3v) is 8.41. The molecule has 3 saturated heterocycles. The minimum atomic E-state index is -0.778. The van der Waals surface area contributed by atoms with E-state index in [9.17, 15) is 19.2 Å². The van der Waals surface area contributed by atoms with Crippen molar-refractivity contribution >= 4 is 45.3 Å². The van der Waals surface area contributed by atoms with E-state index in [1.165, 1.54) is 0 Å². The van der Waals surface area contributed by atoms with E-state index < -0.39 is 18.2 Å². The van der Waals surface area contributed by atoms with Crippen molar-refractivity contribution < 1.29 is 23.9 Å². The molecule has 3 atom stereocenters. The maximum atomic E-state index is 13.3. The molecule has 0 saturated carbocycles. The maximum Gasteiger partial charge on any atom is 0.306 e. The molecule has 8 nitrogen and oxygen atoms in total. The first kappa shape index (κ1) is 25.0. The lowest BCUT2D eigenvalue weighted by Crippen LogP contribution is -2.57. The molecule has 4 rings (SSSR count). The van der Waals surface area contributed by atoms with Gasteiger partial charge in [-0.1, -0.05) is 41.5 Å². The van der Waals surface area contributed by atoms with Gasteiger partial charge >= 0.3 is 5.97 Å². The number of esters is 1. The molecule has 32 heavy (non-hydrogen) atoms. The normalized spacial score (nSPS) is 32.2. The molecule has 0 aromatic carbocycles. The molecule has 4 bridgehead atoms. The number of rotatable bonds is 1. The lowest BCUT2D eigenvalue weighted by Gasteiger charge is -2.35. The van der Waals surface area contributed by atoms with E-state index >= 15 is 0 Å². The third kappa shape index (κ3) is 7.16. The van der Waals surface area contributed by atoms with E-state index in [2.05, 4.69) is 10.6 Å². The Labute approximate surface area is 197 Å². The van der Waals surface area contributed by atoms with Gasteiger partial charge < -0.3 is 20.3 Å². The van der Waals surface area contributed by atoms with Crippen LogP contribution >= 0.6 is 21.6 Å². The molecular weight excluding hydrogens is 450 g/mol. The fraction of sp³-hybridized carbons (Fsp3) is 0.727. The molecule has 10 heteroatoms. The Kier molecular flexibility index (Phi) is 9.34. The Hall–Kier alpha value is -1.68. The summed E-state index contributed by atoms with van der Waals surface area (Å²) in [5.41, 5.74) is 0. The van der Waals surface area contributed by atoms with Gasteiger partial charge in [0.05, 0.1) is 6.42 Å². The number of hydrogen-bond acceptors (Lipinski definition) is 7. The fourth-order valence-corrected chi connectivity index (χ4v) is 6.25.